The molecule has 3 unspecified atom stereocenters. The van der Waals surface area contributed by atoms with Crippen LogP contribution in [-0.4, -0.2) is 36.1 Å². The first kappa shape index (κ1) is 9.17. The molecule has 0 aromatic rings. The van der Waals surface area contributed by atoms with Gasteiger partial charge in [0.25, 0.3) is 0 Å². The quantitative estimate of drug-likeness (QED) is 0.718. The molecule has 3 atom stereocenters. The van der Waals surface area contributed by atoms with Crippen LogP contribution in [0, 0.1) is 5.41 Å². The second-order valence-corrected chi connectivity index (χ2v) is 6.05. The zero-order chi connectivity index (χ0) is 9.76. The van der Waals surface area contributed by atoms with Crippen LogP contribution in [0.3, 0.4) is 0 Å². The van der Waals surface area contributed by atoms with Crippen LogP contribution >= 0.6 is 0 Å². The lowest BCUT2D eigenvalue weighted by Gasteiger charge is -2.22. The Bertz CT molecular complexity index is 236. The van der Waals surface area contributed by atoms with Gasteiger partial charge in [-0.3, -0.25) is 4.90 Å². The maximum absolute atomic E-state index is 3.87. The molecule has 3 aliphatic rings. The van der Waals surface area contributed by atoms with Gasteiger partial charge in [0.05, 0.1) is 0 Å². The molecule has 0 aromatic carbocycles. The largest absolute Gasteiger partial charge is 0.309 e. The van der Waals surface area contributed by atoms with Crippen molar-refractivity contribution in [2.24, 2.45) is 5.41 Å². The molecule has 1 N–H and O–H groups in total. The third-order valence-electron chi connectivity index (χ3n) is 4.53. The molecule has 2 saturated heterocycles. The maximum atomic E-state index is 3.87. The van der Waals surface area contributed by atoms with Gasteiger partial charge in [0, 0.05) is 24.7 Å². The van der Waals surface area contributed by atoms with Gasteiger partial charge >= 0.3 is 0 Å². The normalized spacial score (nSPS) is 45.4. The molecular formula is C12H22N2. The van der Waals surface area contributed by atoms with E-state index in [-0.39, 0.29) is 0 Å². The van der Waals surface area contributed by atoms with Crippen LogP contribution in [-0.2, 0) is 0 Å². The molecule has 14 heavy (non-hydrogen) atoms. The van der Waals surface area contributed by atoms with Crippen molar-refractivity contribution in [3.8, 4) is 0 Å². The fraction of sp³-hybridized carbons (Fsp3) is 1.00. The van der Waals surface area contributed by atoms with Crippen molar-refractivity contribution < 1.29 is 0 Å². The van der Waals surface area contributed by atoms with Gasteiger partial charge in [-0.2, -0.15) is 0 Å². The second-order valence-electron chi connectivity index (χ2n) is 6.05. The number of rotatable bonds is 2. The van der Waals surface area contributed by atoms with E-state index < -0.39 is 0 Å². The Hall–Kier alpha value is -0.0800. The summed E-state index contributed by atoms with van der Waals surface area (Å²) in [4.78, 5) is 2.69. The highest BCUT2D eigenvalue weighted by Gasteiger charge is 2.48. The molecule has 0 aromatic heterocycles. The number of hydrogen-bond donors (Lipinski definition) is 1. The lowest BCUT2D eigenvalue weighted by molar-refractivity contribution is 0.294. The third kappa shape index (κ3) is 1.40. The molecular weight excluding hydrogens is 172 g/mol. The number of nitrogens with zero attached hydrogens (tertiary/aromatic N) is 1. The van der Waals surface area contributed by atoms with Gasteiger partial charge in [-0.05, 0) is 37.6 Å². The Morgan fingerprint density at radius 2 is 2.00 bits per heavy atom. The molecule has 0 bridgehead atoms. The molecule has 0 spiro atoms. The standard InChI is InChI=1S/C12H22N2/c1-12(2)8-11(12)13-9-5-7-14-6-3-4-10(9)14/h9-11,13H,3-8H2,1-2H3. The highest BCUT2D eigenvalue weighted by Crippen LogP contribution is 2.45. The van der Waals surface area contributed by atoms with Crippen molar-refractivity contribution in [2.75, 3.05) is 13.1 Å². The Morgan fingerprint density at radius 1 is 1.21 bits per heavy atom. The molecule has 0 amide bonds. The second kappa shape index (κ2) is 2.96. The Kier molecular flexibility index (Phi) is 1.94. The molecule has 2 aliphatic heterocycles. The molecule has 3 fully saturated rings. The van der Waals surface area contributed by atoms with Crippen LogP contribution in [0.15, 0.2) is 0 Å². The fourth-order valence-corrected chi connectivity index (χ4v) is 3.29. The first-order valence-corrected chi connectivity index (χ1v) is 6.17. The Labute approximate surface area is 87.0 Å². The van der Waals surface area contributed by atoms with Crippen LogP contribution in [0.4, 0.5) is 0 Å². The van der Waals surface area contributed by atoms with Crippen LogP contribution in [0.1, 0.15) is 39.5 Å². The van der Waals surface area contributed by atoms with Gasteiger partial charge in [0.15, 0.2) is 0 Å². The van der Waals surface area contributed by atoms with E-state index in [4.69, 9.17) is 0 Å². The minimum absolute atomic E-state index is 0.589. The van der Waals surface area contributed by atoms with Gasteiger partial charge in [0.1, 0.15) is 0 Å². The summed E-state index contributed by atoms with van der Waals surface area (Å²) in [6.45, 7) is 7.46. The Balaban J connectivity index is 1.59. The van der Waals surface area contributed by atoms with Gasteiger partial charge in [-0.25, -0.2) is 0 Å². The van der Waals surface area contributed by atoms with E-state index in [9.17, 15) is 0 Å². The summed E-state index contributed by atoms with van der Waals surface area (Å²) in [6.07, 6.45) is 5.63. The number of fused-ring (bicyclic) bond motifs is 1. The topological polar surface area (TPSA) is 15.3 Å². The lowest BCUT2D eigenvalue weighted by Crippen LogP contribution is -2.41. The van der Waals surface area contributed by atoms with Gasteiger partial charge < -0.3 is 5.32 Å². The SMILES string of the molecule is CC1(C)CC1NC1CCN2CCCC12. The average Bonchev–Trinajstić information content (AvgIpc) is 2.56. The fourth-order valence-electron chi connectivity index (χ4n) is 3.29. The van der Waals surface area contributed by atoms with Gasteiger partial charge in [-0.1, -0.05) is 13.8 Å². The minimum atomic E-state index is 0.589. The predicted octanol–water partition coefficient (Wildman–Crippen LogP) is 1.61. The summed E-state index contributed by atoms with van der Waals surface area (Å²) in [5.74, 6) is 0. The van der Waals surface area contributed by atoms with E-state index in [0.29, 0.717) is 5.41 Å². The van der Waals surface area contributed by atoms with Crippen LogP contribution in [0.5, 0.6) is 0 Å². The summed E-state index contributed by atoms with van der Waals surface area (Å²) in [5.41, 5.74) is 0.589. The van der Waals surface area contributed by atoms with Crippen molar-refractivity contribution in [3.05, 3.63) is 0 Å². The molecule has 0 radical (unpaired) electrons. The summed E-state index contributed by atoms with van der Waals surface area (Å²) in [7, 11) is 0. The van der Waals surface area contributed by atoms with Crippen molar-refractivity contribution in [3.63, 3.8) is 0 Å². The predicted molar refractivity (Wildman–Crippen MR) is 58.3 cm³/mol. The van der Waals surface area contributed by atoms with E-state index in [1.54, 1.807) is 0 Å². The van der Waals surface area contributed by atoms with Crippen LogP contribution in [0.2, 0.25) is 0 Å². The minimum Gasteiger partial charge on any atom is -0.309 e. The maximum Gasteiger partial charge on any atom is 0.0250 e. The lowest BCUT2D eigenvalue weighted by atomic mass is 10.1. The summed E-state index contributed by atoms with van der Waals surface area (Å²) in [5, 5.41) is 3.87. The number of nitrogens with one attached hydrogen (secondary N) is 1. The zero-order valence-electron chi connectivity index (χ0n) is 9.42. The molecule has 3 rings (SSSR count). The molecule has 1 saturated carbocycles. The molecule has 80 valence electrons. The average molecular weight is 194 g/mol. The van der Waals surface area contributed by atoms with E-state index >= 15 is 0 Å². The highest BCUT2D eigenvalue weighted by molar-refractivity contribution is 5.06. The smallest absolute Gasteiger partial charge is 0.0250 e. The monoisotopic (exact) mass is 194 g/mol. The molecule has 2 heteroatoms. The third-order valence-corrected chi connectivity index (χ3v) is 4.53. The first-order chi connectivity index (χ1) is 6.67. The van der Waals surface area contributed by atoms with Gasteiger partial charge in [-0.15, -0.1) is 0 Å². The zero-order valence-corrected chi connectivity index (χ0v) is 9.42. The molecule has 2 heterocycles. The van der Waals surface area contributed by atoms with E-state index in [2.05, 4.69) is 24.1 Å². The summed E-state index contributed by atoms with van der Waals surface area (Å²) < 4.78 is 0. The summed E-state index contributed by atoms with van der Waals surface area (Å²) in [6, 6.07) is 2.50. The number of hydrogen-bond acceptors (Lipinski definition) is 2. The summed E-state index contributed by atoms with van der Waals surface area (Å²) >= 11 is 0. The highest BCUT2D eigenvalue weighted by atomic mass is 15.2. The van der Waals surface area contributed by atoms with Crippen LogP contribution < -0.4 is 5.32 Å². The molecule has 2 nitrogen and oxygen atoms in total. The van der Waals surface area contributed by atoms with Crippen molar-refractivity contribution in [1.29, 1.82) is 0 Å². The first-order valence-electron chi connectivity index (χ1n) is 6.17. The molecule has 1 aliphatic carbocycles. The Morgan fingerprint density at radius 3 is 2.71 bits per heavy atom. The van der Waals surface area contributed by atoms with Crippen LogP contribution in [0.25, 0.3) is 0 Å². The van der Waals surface area contributed by atoms with Crippen molar-refractivity contribution in [2.45, 2.75) is 57.7 Å². The van der Waals surface area contributed by atoms with E-state index in [1.807, 2.05) is 0 Å². The van der Waals surface area contributed by atoms with Gasteiger partial charge in [0.2, 0.25) is 0 Å². The van der Waals surface area contributed by atoms with E-state index in [1.165, 1.54) is 38.8 Å². The van der Waals surface area contributed by atoms with Crippen molar-refractivity contribution in [1.82, 2.24) is 10.2 Å². The van der Waals surface area contributed by atoms with E-state index in [0.717, 1.165) is 18.1 Å². The van der Waals surface area contributed by atoms with Crippen molar-refractivity contribution >= 4 is 0 Å².